The van der Waals surface area contributed by atoms with Crippen molar-refractivity contribution in [3.63, 3.8) is 0 Å². The molecular formula is C29H29. The van der Waals surface area contributed by atoms with E-state index in [0.717, 1.165) is 0 Å². The topological polar surface area (TPSA) is 0 Å². The summed E-state index contributed by atoms with van der Waals surface area (Å²) in [5.41, 5.74) is 12.0. The highest BCUT2D eigenvalue weighted by Crippen LogP contribution is 2.41. The molecule has 29 heavy (non-hydrogen) atoms. The smallest absolute Gasteiger partial charge is 0.0616 e. The molecule has 145 valence electrons. The lowest BCUT2D eigenvalue weighted by Gasteiger charge is -2.27. The Bertz CT molecular complexity index is 1100. The average molecular weight is 378 g/mol. The maximum absolute atomic E-state index is 2.31. The van der Waals surface area contributed by atoms with Crippen LogP contribution in [0.25, 0.3) is 10.8 Å². The van der Waals surface area contributed by atoms with E-state index in [2.05, 4.69) is 108 Å². The first-order valence-electron chi connectivity index (χ1n) is 10.4. The number of hydrogen-bond donors (Lipinski definition) is 0. The van der Waals surface area contributed by atoms with Crippen LogP contribution < -0.4 is 0 Å². The van der Waals surface area contributed by atoms with Gasteiger partial charge >= 0.3 is 0 Å². The van der Waals surface area contributed by atoms with Crippen LogP contribution in [0.1, 0.15) is 50.1 Å². The van der Waals surface area contributed by atoms with Gasteiger partial charge in [-0.25, -0.2) is 0 Å². The highest BCUT2D eigenvalue weighted by Gasteiger charge is 2.26. The van der Waals surface area contributed by atoms with Crippen LogP contribution in [0.2, 0.25) is 0 Å². The van der Waals surface area contributed by atoms with E-state index in [9.17, 15) is 0 Å². The first kappa shape index (κ1) is 19.5. The lowest BCUT2D eigenvalue weighted by molar-refractivity contribution is 1.11. The predicted molar refractivity (Wildman–Crippen MR) is 126 cm³/mol. The highest BCUT2D eigenvalue weighted by atomic mass is 14.3. The minimum atomic E-state index is 1.28. The van der Waals surface area contributed by atoms with E-state index in [4.69, 9.17) is 0 Å². The number of hydrogen-bond acceptors (Lipinski definition) is 0. The van der Waals surface area contributed by atoms with E-state index in [1.165, 1.54) is 66.8 Å². The largest absolute Gasteiger partial charge is 0.0646 e. The molecule has 0 saturated heterocycles. The van der Waals surface area contributed by atoms with Crippen LogP contribution in [0.3, 0.4) is 0 Å². The summed E-state index contributed by atoms with van der Waals surface area (Å²) < 4.78 is 0. The fourth-order valence-corrected chi connectivity index (χ4v) is 4.99. The molecule has 0 atom stereocenters. The minimum absolute atomic E-state index is 1.28. The Hall–Kier alpha value is -2.86. The number of benzene rings is 4. The molecule has 0 N–H and O–H groups in total. The summed E-state index contributed by atoms with van der Waals surface area (Å²) >= 11 is 0. The Morgan fingerprint density at radius 2 is 0.966 bits per heavy atom. The zero-order valence-corrected chi connectivity index (χ0v) is 18.4. The van der Waals surface area contributed by atoms with E-state index in [1.54, 1.807) is 0 Å². The fourth-order valence-electron chi connectivity index (χ4n) is 4.99. The minimum Gasteiger partial charge on any atom is -0.0616 e. The summed E-state index contributed by atoms with van der Waals surface area (Å²) in [4.78, 5) is 0. The lowest BCUT2D eigenvalue weighted by Crippen LogP contribution is -2.13. The van der Waals surface area contributed by atoms with Crippen molar-refractivity contribution in [2.75, 3.05) is 0 Å². The molecule has 4 aromatic rings. The fraction of sp³-hybridized carbons (Fsp3) is 0.207. The van der Waals surface area contributed by atoms with Crippen molar-refractivity contribution in [3.8, 4) is 0 Å². The first-order chi connectivity index (χ1) is 13.9. The monoisotopic (exact) mass is 377 g/mol. The molecule has 0 bridgehead atoms. The van der Waals surface area contributed by atoms with Gasteiger partial charge in [-0.05, 0) is 91.3 Å². The van der Waals surface area contributed by atoms with Gasteiger partial charge in [0.25, 0.3) is 0 Å². The van der Waals surface area contributed by atoms with E-state index >= 15 is 0 Å². The average Bonchev–Trinajstić information content (AvgIpc) is 2.65. The van der Waals surface area contributed by atoms with E-state index in [0.29, 0.717) is 0 Å². The third-order valence-corrected chi connectivity index (χ3v) is 5.91. The van der Waals surface area contributed by atoms with Crippen LogP contribution in [-0.4, -0.2) is 0 Å². The second-order valence-electron chi connectivity index (χ2n) is 8.45. The van der Waals surface area contributed by atoms with E-state index in [-0.39, 0.29) is 0 Å². The molecule has 0 amide bonds. The maximum Gasteiger partial charge on any atom is 0.0646 e. The predicted octanol–water partition coefficient (Wildman–Crippen LogP) is 7.71. The summed E-state index contributed by atoms with van der Waals surface area (Å²) in [5.74, 6) is 1.35. The Labute approximate surface area is 175 Å². The van der Waals surface area contributed by atoms with Crippen molar-refractivity contribution >= 4 is 10.8 Å². The number of rotatable bonds is 3. The molecule has 0 fully saturated rings. The van der Waals surface area contributed by atoms with Crippen molar-refractivity contribution in [1.82, 2.24) is 0 Å². The summed E-state index contributed by atoms with van der Waals surface area (Å²) in [5, 5.41) is 2.59. The van der Waals surface area contributed by atoms with Gasteiger partial charge in [0.2, 0.25) is 0 Å². The summed E-state index contributed by atoms with van der Waals surface area (Å²) in [7, 11) is 0. The summed E-state index contributed by atoms with van der Waals surface area (Å²) in [6.07, 6.45) is 0. The van der Waals surface area contributed by atoms with Gasteiger partial charge in [-0.2, -0.15) is 0 Å². The first-order valence-corrected chi connectivity index (χ1v) is 10.4. The Kier molecular flexibility index (Phi) is 5.04. The third kappa shape index (κ3) is 3.49. The standard InChI is InChI=1S/C29H29/c1-18-14-20(3)27(21(4)15-18)29(28-22(5)16-19(2)17-23(28)6)26-13-9-11-24-10-7-8-12-25(24)26/h7-17H,1-6H3. The molecule has 0 saturated carbocycles. The van der Waals surface area contributed by atoms with Crippen molar-refractivity contribution in [2.45, 2.75) is 41.5 Å². The Morgan fingerprint density at radius 1 is 0.517 bits per heavy atom. The van der Waals surface area contributed by atoms with Crippen molar-refractivity contribution in [3.05, 3.63) is 123 Å². The van der Waals surface area contributed by atoms with Crippen molar-refractivity contribution in [1.29, 1.82) is 0 Å². The van der Waals surface area contributed by atoms with Crippen LogP contribution in [0.15, 0.2) is 66.7 Å². The second kappa shape index (κ2) is 7.52. The van der Waals surface area contributed by atoms with Gasteiger partial charge in [-0.1, -0.05) is 77.9 Å². The molecule has 0 aliphatic carbocycles. The molecule has 0 aliphatic heterocycles. The SMILES string of the molecule is Cc1cc(C)c([C](c2c(C)cc(C)cc2C)c2cccc3ccccc23)c(C)c1. The quantitative estimate of drug-likeness (QED) is 0.321. The maximum atomic E-state index is 2.31. The lowest BCUT2D eigenvalue weighted by atomic mass is 9.76. The molecule has 0 spiro atoms. The van der Waals surface area contributed by atoms with Crippen LogP contribution in [0.5, 0.6) is 0 Å². The van der Waals surface area contributed by atoms with Crippen molar-refractivity contribution in [2.24, 2.45) is 0 Å². The van der Waals surface area contributed by atoms with Gasteiger partial charge in [-0.15, -0.1) is 0 Å². The molecule has 0 aliphatic rings. The van der Waals surface area contributed by atoms with Gasteiger partial charge in [0, 0.05) is 0 Å². The number of aryl methyl sites for hydroxylation is 6. The van der Waals surface area contributed by atoms with Gasteiger partial charge in [-0.3, -0.25) is 0 Å². The van der Waals surface area contributed by atoms with Crippen LogP contribution in [0.4, 0.5) is 0 Å². The van der Waals surface area contributed by atoms with Crippen LogP contribution >= 0.6 is 0 Å². The van der Waals surface area contributed by atoms with E-state index < -0.39 is 0 Å². The molecule has 0 heterocycles. The molecule has 0 aromatic heterocycles. The molecule has 0 unspecified atom stereocenters. The second-order valence-corrected chi connectivity index (χ2v) is 8.45. The number of fused-ring (bicyclic) bond motifs is 1. The molecule has 0 heteroatoms. The Balaban J connectivity index is 2.12. The molecular weight excluding hydrogens is 348 g/mol. The molecule has 0 nitrogen and oxygen atoms in total. The Morgan fingerprint density at radius 3 is 1.48 bits per heavy atom. The zero-order chi connectivity index (χ0) is 20.7. The molecule has 1 radical (unpaired) electrons. The zero-order valence-electron chi connectivity index (χ0n) is 18.4. The third-order valence-electron chi connectivity index (χ3n) is 5.91. The van der Waals surface area contributed by atoms with Gasteiger partial charge in [0.1, 0.15) is 0 Å². The van der Waals surface area contributed by atoms with Crippen LogP contribution in [-0.2, 0) is 0 Å². The van der Waals surface area contributed by atoms with E-state index in [1.807, 2.05) is 0 Å². The van der Waals surface area contributed by atoms with Gasteiger partial charge in [0.15, 0.2) is 0 Å². The van der Waals surface area contributed by atoms with Gasteiger partial charge < -0.3 is 0 Å². The summed E-state index contributed by atoms with van der Waals surface area (Å²) in [6.45, 7) is 13.4. The van der Waals surface area contributed by atoms with Crippen LogP contribution in [0, 0.1) is 47.5 Å². The van der Waals surface area contributed by atoms with Gasteiger partial charge in [0.05, 0.1) is 5.92 Å². The summed E-state index contributed by atoms with van der Waals surface area (Å²) in [6, 6.07) is 24.7. The highest BCUT2D eigenvalue weighted by molar-refractivity contribution is 5.90. The normalized spacial score (nSPS) is 11.4. The van der Waals surface area contributed by atoms with Crippen molar-refractivity contribution < 1.29 is 0 Å². The molecule has 4 rings (SSSR count). The molecule has 4 aromatic carbocycles.